The topological polar surface area (TPSA) is 82.5 Å². The number of anilines is 1. The molecule has 1 N–H and O–H groups in total. The number of aromatic nitrogens is 2. The molecule has 0 radical (unpaired) electrons. The summed E-state index contributed by atoms with van der Waals surface area (Å²) in [6, 6.07) is 14.5. The van der Waals surface area contributed by atoms with Crippen LogP contribution in [-0.2, 0) is 4.79 Å². The number of nitrogens with zero attached hydrogens (tertiary/aromatic N) is 2. The van der Waals surface area contributed by atoms with Gasteiger partial charge in [-0.15, -0.1) is 0 Å². The SMILES string of the molecule is CCOc1ccc(NC(=O)C(=O)c2c(C)nn(-c3ccccc3)c2C)cc1OCC. The zero-order chi connectivity index (χ0) is 21.7. The summed E-state index contributed by atoms with van der Waals surface area (Å²) in [6.45, 7) is 8.18. The fourth-order valence-electron chi connectivity index (χ4n) is 3.22. The predicted octanol–water partition coefficient (Wildman–Crippen LogP) is 4.11. The minimum Gasteiger partial charge on any atom is -0.490 e. The molecule has 0 atom stereocenters. The van der Waals surface area contributed by atoms with Crippen molar-refractivity contribution in [2.24, 2.45) is 0 Å². The van der Waals surface area contributed by atoms with E-state index in [9.17, 15) is 9.59 Å². The number of ether oxygens (including phenoxy) is 2. The summed E-state index contributed by atoms with van der Waals surface area (Å²) in [7, 11) is 0. The van der Waals surface area contributed by atoms with Crippen LogP contribution in [0.2, 0.25) is 0 Å². The highest BCUT2D eigenvalue weighted by Gasteiger charge is 2.25. The molecule has 3 rings (SSSR count). The average molecular weight is 407 g/mol. The Kier molecular flexibility index (Phi) is 6.51. The number of hydrogen-bond acceptors (Lipinski definition) is 5. The zero-order valence-corrected chi connectivity index (χ0v) is 17.6. The van der Waals surface area contributed by atoms with Gasteiger partial charge in [-0.25, -0.2) is 4.68 Å². The number of ketones is 1. The molecule has 7 nitrogen and oxygen atoms in total. The van der Waals surface area contributed by atoms with Crippen molar-refractivity contribution >= 4 is 17.4 Å². The summed E-state index contributed by atoms with van der Waals surface area (Å²) >= 11 is 0. The third-order valence-electron chi connectivity index (χ3n) is 4.53. The van der Waals surface area contributed by atoms with Gasteiger partial charge in [0.2, 0.25) is 0 Å². The molecule has 0 bridgehead atoms. The average Bonchev–Trinajstić information content (AvgIpc) is 3.04. The van der Waals surface area contributed by atoms with Crippen LogP contribution in [0.15, 0.2) is 48.5 Å². The quantitative estimate of drug-likeness (QED) is 0.449. The molecule has 0 aliphatic carbocycles. The van der Waals surface area contributed by atoms with Gasteiger partial charge in [-0.2, -0.15) is 5.10 Å². The van der Waals surface area contributed by atoms with E-state index in [1.807, 2.05) is 44.2 Å². The fraction of sp³-hybridized carbons (Fsp3) is 0.261. The van der Waals surface area contributed by atoms with Crippen LogP contribution >= 0.6 is 0 Å². The van der Waals surface area contributed by atoms with Crippen molar-refractivity contribution < 1.29 is 19.1 Å². The molecule has 1 amide bonds. The van der Waals surface area contributed by atoms with Crippen LogP contribution in [-0.4, -0.2) is 34.7 Å². The molecule has 0 aliphatic heterocycles. The monoisotopic (exact) mass is 407 g/mol. The lowest BCUT2D eigenvalue weighted by atomic mass is 10.1. The minimum atomic E-state index is -0.736. The Labute approximate surface area is 175 Å². The summed E-state index contributed by atoms with van der Waals surface area (Å²) in [4.78, 5) is 25.6. The van der Waals surface area contributed by atoms with Gasteiger partial charge in [0.15, 0.2) is 11.5 Å². The lowest BCUT2D eigenvalue weighted by Crippen LogP contribution is -2.24. The number of carbonyl (C=O) groups is 2. The molecule has 0 aliphatic rings. The Bertz CT molecular complexity index is 1060. The molecule has 0 unspecified atom stereocenters. The van der Waals surface area contributed by atoms with E-state index < -0.39 is 11.7 Å². The zero-order valence-electron chi connectivity index (χ0n) is 17.6. The van der Waals surface area contributed by atoms with E-state index in [0.717, 1.165) is 5.69 Å². The van der Waals surface area contributed by atoms with Gasteiger partial charge in [0.1, 0.15) is 0 Å². The molecule has 156 valence electrons. The van der Waals surface area contributed by atoms with E-state index in [1.165, 1.54) is 0 Å². The third-order valence-corrected chi connectivity index (χ3v) is 4.53. The highest BCUT2D eigenvalue weighted by molar-refractivity contribution is 6.47. The fourth-order valence-corrected chi connectivity index (χ4v) is 3.22. The largest absolute Gasteiger partial charge is 0.490 e. The van der Waals surface area contributed by atoms with E-state index in [1.54, 1.807) is 36.7 Å². The Morgan fingerprint density at radius 2 is 1.63 bits per heavy atom. The van der Waals surface area contributed by atoms with Crippen LogP contribution in [0.25, 0.3) is 5.69 Å². The van der Waals surface area contributed by atoms with Crippen LogP contribution in [0, 0.1) is 13.8 Å². The maximum atomic E-state index is 12.9. The molecule has 0 saturated heterocycles. The number of Topliss-reactive ketones (excluding diaryl/α,β-unsaturated/α-hetero) is 1. The number of benzene rings is 2. The molecular weight excluding hydrogens is 382 g/mol. The van der Waals surface area contributed by atoms with Gasteiger partial charge in [-0.3, -0.25) is 9.59 Å². The smallest absolute Gasteiger partial charge is 0.296 e. The summed E-state index contributed by atoms with van der Waals surface area (Å²) < 4.78 is 12.8. The number of amides is 1. The second-order valence-electron chi connectivity index (χ2n) is 6.60. The molecule has 3 aromatic rings. The second kappa shape index (κ2) is 9.26. The normalized spacial score (nSPS) is 10.5. The summed E-state index contributed by atoms with van der Waals surface area (Å²) in [6.07, 6.45) is 0. The predicted molar refractivity (Wildman–Crippen MR) is 115 cm³/mol. The van der Waals surface area contributed by atoms with E-state index in [-0.39, 0.29) is 0 Å². The van der Waals surface area contributed by atoms with Gasteiger partial charge in [0.05, 0.1) is 35.9 Å². The maximum Gasteiger partial charge on any atom is 0.296 e. The molecule has 7 heteroatoms. The van der Waals surface area contributed by atoms with Crippen LogP contribution < -0.4 is 14.8 Å². The van der Waals surface area contributed by atoms with Crippen molar-refractivity contribution in [3.63, 3.8) is 0 Å². The Morgan fingerprint density at radius 3 is 2.30 bits per heavy atom. The molecule has 1 aromatic heterocycles. The minimum absolute atomic E-state index is 0.298. The van der Waals surface area contributed by atoms with Gasteiger partial charge in [0, 0.05) is 11.8 Å². The Hall–Kier alpha value is -3.61. The van der Waals surface area contributed by atoms with Gasteiger partial charge in [-0.1, -0.05) is 18.2 Å². The van der Waals surface area contributed by atoms with Crippen molar-refractivity contribution in [2.75, 3.05) is 18.5 Å². The molecule has 1 heterocycles. The lowest BCUT2D eigenvalue weighted by Gasteiger charge is -2.13. The number of hydrogen-bond donors (Lipinski definition) is 1. The van der Waals surface area contributed by atoms with Crippen LogP contribution in [0.1, 0.15) is 35.6 Å². The van der Waals surface area contributed by atoms with Gasteiger partial charge < -0.3 is 14.8 Å². The van der Waals surface area contributed by atoms with Crippen molar-refractivity contribution in [1.29, 1.82) is 0 Å². The summed E-state index contributed by atoms with van der Waals surface area (Å²) in [5, 5.41) is 7.09. The first kappa shape index (κ1) is 21.1. The van der Waals surface area contributed by atoms with Crippen LogP contribution in [0.5, 0.6) is 11.5 Å². The van der Waals surface area contributed by atoms with Crippen molar-refractivity contribution in [1.82, 2.24) is 9.78 Å². The lowest BCUT2D eigenvalue weighted by molar-refractivity contribution is -0.112. The summed E-state index contributed by atoms with van der Waals surface area (Å²) in [5.74, 6) is -0.284. The third kappa shape index (κ3) is 4.35. The first-order valence-corrected chi connectivity index (χ1v) is 9.83. The van der Waals surface area contributed by atoms with Crippen LogP contribution in [0.4, 0.5) is 5.69 Å². The van der Waals surface area contributed by atoms with Crippen molar-refractivity contribution in [3.05, 3.63) is 65.5 Å². The molecule has 30 heavy (non-hydrogen) atoms. The van der Waals surface area contributed by atoms with Crippen molar-refractivity contribution in [2.45, 2.75) is 27.7 Å². The molecule has 0 fully saturated rings. The first-order chi connectivity index (χ1) is 14.5. The van der Waals surface area contributed by atoms with E-state index in [2.05, 4.69) is 10.4 Å². The van der Waals surface area contributed by atoms with Gasteiger partial charge in [-0.05, 0) is 52.0 Å². The summed E-state index contributed by atoms with van der Waals surface area (Å²) in [5.41, 5.74) is 2.68. The Balaban J connectivity index is 1.84. The molecular formula is C23H25N3O4. The standard InChI is InChI=1S/C23H25N3O4/c1-5-29-19-13-12-17(14-20(19)30-6-2)24-23(28)22(27)21-15(3)25-26(16(21)4)18-10-8-7-9-11-18/h7-14H,5-6H2,1-4H3,(H,24,28). The number of rotatable bonds is 8. The van der Waals surface area contributed by atoms with Gasteiger partial charge in [0.25, 0.3) is 11.7 Å². The molecule has 0 spiro atoms. The second-order valence-corrected chi connectivity index (χ2v) is 6.60. The molecule has 2 aromatic carbocycles. The van der Waals surface area contributed by atoms with Crippen molar-refractivity contribution in [3.8, 4) is 17.2 Å². The number of carbonyl (C=O) groups excluding carboxylic acids is 2. The van der Waals surface area contributed by atoms with Gasteiger partial charge >= 0.3 is 0 Å². The number of nitrogens with one attached hydrogen (secondary N) is 1. The van der Waals surface area contributed by atoms with E-state index >= 15 is 0 Å². The maximum absolute atomic E-state index is 12.9. The van der Waals surface area contributed by atoms with E-state index in [0.29, 0.717) is 47.4 Å². The Morgan fingerprint density at radius 1 is 0.967 bits per heavy atom. The number of aryl methyl sites for hydroxylation is 1. The van der Waals surface area contributed by atoms with Crippen LogP contribution in [0.3, 0.4) is 0 Å². The highest BCUT2D eigenvalue weighted by Crippen LogP contribution is 2.30. The molecule has 0 saturated carbocycles. The number of para-hydroxylation sites is 1. The highest BCUT2D eigenvalue weighted by atomic mass is 16.5. The van der Waals surface area contributed by atoms with E-state index in [4.69, 9.17) is 9.47 Å². The first-order valence-electron chi connectivity index (χ1n) is 9.83.